The van der Waals surface area contributed by atoms with Crippen molar-refractivity contribution in [3.8, 4) is 5.69 Å². The minimum absolute atomic E-state index is 0.0722. The Morgan fingerprint density at radius 1 is 1.00 bits per heavy atom. The average molecular weight is 429 g/mol. The van der Waals surface area contributed by atoms with Gasteiger partial charge in [0, 0.05) is 22.5 Å². The molecule has 0 aliphatic carbocycles. The van der Waals surface area contributed by atoms with Gasteiger partial charge in [0.1, 0.15) is 0 Å². The Morgan fingerprint density at radius 2 is 1.61 bits per heavy atom. The number of benzene rings is 2. The molecule has 6 nitrogen and oxygen atoms in total. The van der Waals surface area contributed by atoms with Crippen molar-refractivity contribution in [2.75, 3.05) is 7.11 Å². The van der Waals surface area contributed by atoms with E-state index in [4.69, 9.17) is 4.74 Å². The number of carbonyl (C=O) groups is 2. The first-order valence-corrected chi connectivity index (χ1v) is 9.08. The molecule has 31 heavy (non-hydrogen) atoms. The lowest BCUT2D eigenvalue weighted by molar-refractivity contribution is 0.0600. The summed E-state index contributed by atoms with van der Waals surface area (Å²) in [7, 11) is 1.26. The van der Waals surface area contributed by atoms with Crippen LogP contribution in [-0.4, -0.2) is 29.8 Å². The number of rotatable bonds is 5. The van der Waals surface area contributed by atoms with Crippen molar-refractivity contribution in [3.05, 3.63) is 88.0 Å². The highest BCUT2D eigenvalue weighted by molar-refractivity contribution is 5.99. The third kappa shape index (κ3) is 4.50. The maximum atomic E-state index is 13.3. The highest BCUT2D eigenvalue weighted by Crippen LogP contribution is 2.23. The van der Waals surface area contributed by atoms with Gasteiger partial charge >= 0.3 is 5.97 Å². The highest BCUT2D eigenvalue weighted by Gasteiger charge is 2.18. The van der Waals surface area contributed by atoms with Crippen LogP contribution in [0.5, 0.6) is 0 Å². The molecule has 0 bridgehead atoms. The number of halogens is 3. The van der Waals surface area contributed by atoms with E-state index in [1.54, 1.807) is 4.57 Å². The van der Waals surface area contributed by atoms with E-state index in [1.165, 1.54) is 25.3 Å². The molecule has 0 atom stereocenters. The second-order valence-electron chi connectivity index (χ2n) is 6.67. The van der Waals surface area contributed by atoms with E-state index < -0.39 is 29.3 Å². The Kier molecular flexibility index (Phi) is 6.24. The molecule has 2 aromatic carbocycles. The van der Waals surface area contributed by atoms with Gasteiger partial charge in [-0.2, -0.15) is 5.10 Å². The van der Waals surface area contributed by atoms with Gasteiger partial charge in [0.2, 0.25) is 0 Å². The predicted molar refractivity (Wildman–Crippen MR) is 108 cm³/mol. The van der Waals surface area contributed by atoms with Crippen LogP contribution in [0, 0.1) is 31.3 Å². The third-order valence-corrected chi connectivity index (χ3v) is 4.56. The van der Waals surface area contributed by atoms with Gasteiger partial charge in [-0.05, 0) is 56.3 Å². The zero-order chi connectivity index (χ0) is 22.7. The molecule has 3 rings (SSSR count). The summed E-state index contributed by atoms with van der Waals surface area (Å²) in [5.41, 5.74) is 4.75. The van der Waals surface area contributed by atoms with Gasteiger partial charge in [-0.1, -0.05) is 0 Å². The number of ether oxygens (including phenoxy) is 1. The largest absolute Gasteiger partial charge is 0.465 e. The van der Waals surface area contributed by atoms with Gasteiger partial charge in [-0.15, -0.1) is 0 Å². The first kappa shape index (κ1) is 21.8. The lowest BCUT2D eigenvalue weighted by Gasteiger charge is -2.15. The molecule has 0 aliphatic heterocycles. The second kappa shape index (κ2) is 8.86. The minimum atomic E-state index is -1.59. The van der Waals surface area contributed by atoms with Crippen molar-refractivity contribution in [2.24, 2.45) is 5.10 Å². The van der Waals surface area contributed by atoms with Crippen LogP contribution in [0.4, 0.5) is 13.2 Å². The van der Waals surface area contributed by atoms with E-state index in [2.05, 4.69) is 10.5 Å². The summed E-state index contributed by atoms with van der Waals surface area (Å²) in [6.07, 6.45) is 0.980. The monoisotopic (exact) mass is 429 g/mol. The number of methoxy groups -OCH3 is 1. The molecule has 1 aromatic heterocycles. The van der Waals surface area contributed by atoms with Crippen LogP contribution in [0.2, 0.25) is 0 Å². The van der Waals surface area contributed by atoms with E-state index >= 15 is 0 Å². The maximum absolute atomic E-state index is 13.3. The van der Waals surface area contributed by atoms with Gasteiger partial charge in [0.15, 0.2) is 17.5 Å². The number of aryl methyl sites for hydroxylation is 2. The smallest absolute Gasteiger partial charge is 0.339 e. The number of amides is 1. The highest BCUT2D eigenvalue weighted by atomic mass is 19.2. The molecule has 0 aliphatic rings. The van der Waals surface area contributed by atoms with Crippen LogP contribution >= 0.6 is 0 Å². The molecule has 0 unspecified atom stereocenters. The van der Waals surface area contributed by atoms with Crippen LogP contribution in [0.3, 0.4) is 0 Å². The number of hydrogen-bond donors (Lipinski definition) is 1. The number of nitrogens with one attached hydrogen (secondary N) is 1. The minimum Gasteiger partial charge on any atom is -0.465 e. The molecule has 0 saturated heterocycles. The molecule has 0 radical (unpaired) electrons. The van der Waals surface area contributed by atoms with Crippen molar-refractivity contribution in [1.29, 1.82) is 0 Å². The Labute approximate surface area is 176 Å². The van der Waals surface area contributed by atoms with Crippen LogP contribution in [0.15, 0.2) is 47.6 Å². The fourth-order valence-electron chi connectivity index (χ4n) is 3.07. The number of hydrazone groups is 1. The van der Waals surface area contributed by atoms with Crippen LogP contribution in [0.25, 0.3) is 5.69 Å². The van der Waals surface area contributed by atoms with Crippen LogP contribution < -0.4 is 5.43 Å². The Bertz CT molecular complexity index is 1160. The summed E-state index contributed by atoms with van der Waals surface area (Å²) in [6, 6.07) is 9.62. The van der Waals surface area contributed by atoms with Crippen LogP contribution in [0.1, 0.15) is 37.7 Å². The third-order valence-electron chi connectivity index (χ3n) is 4.56. The van der Waals surface area contributed by atoms with Crippen molar-refractivity contribution in [1.82, 2.24) is 9.99 Å². The van der Waals surface area contributed by atoms with Gasteiger partial charge < -0.3 is 9.30 Å². The number of esters is 1. The second-order valence-corrected chi connectivity index (χ2v) is 6.67. The number of carbonyl (C=O) groups excluding carboxylic acids is 2. The molecular formula is C22H18F3N3O3. The first-order chi connectivity index (χ1) is 14.7. The summed E-state index contributed by atoms with van der Waals surface area (Å²) < 4.78 is 46.2. The zero-order valence-electron chi connectivity index (χ0n) is 16.9. The first-order valence-electron chi connectivity index (χ1n) is 9.08. The molecule has 9 heteroatoms. The van der Waals surface area contributed by atoms with Crippen molar-refractivity contribution < 1.29 is 27.5 Å². The van der Waals surface area contributed by atoms with E-state index in [0.717, 1.165) is 29.7 Å². The van der Waals surface area contributed by atoms with Gasteiger partial charge in [0.05, 0.1) is 24.6 Å². The fraction of sp³-hybridized carbons (Fsp3) is 0.136. The molecule has 0 fully saturated rings. The Balaban J connectivity index is 1.90. The Morgan fingerprint density at radius 3 is 2.19 bits per heavy atom. The summed E-state index contributed by atoms with van der Waals surface area (Å²) in [4.78, 5) is 24.7. The van der Waals surface area contributed by atoms with Crippen molar-refractivity contribution >= 4 is 18.1 Å². The van der Waals surface area contributed by atoms with Gasteiger partial charge in [-0.3, -0.25) is 4.79 Å². The number of nitrogens with zero attached hydrogens (tertiary/aromatic N) is 2. The number of hydrogen-bond acceptors (Lipinski definition) is 4. The van der Waals surface area contributed by atoms with Crippen molar-refractivity contribution in [2.45, 2.75) is 13.8 Å². The molecule has 3 aromatic rings. The normalized spacial score (nSPS) is 11.0. The van der Waals surface area contributed by atoms with Crippen LogP contribution in [-0.2, 0) is 4.74 Å². The summed E-state index contributed by atoms with van der Waals surface area (Å²) in [5, 5.41) is 3.65. The molecule has 0 saturated carbocycles. The van der Waals surface area contributed by atoms with E-state index in [1.807, 2.05) is 26.0 Å². The summed E-state index contributed by atoms with van der Waals surface area (Å²) in [6.45, 7) is 3.71. The fourth-order valence-corrected chi connectivity index (χ4v) is 3.07. The zero-order valence-corrected chi connectivity index (χ0v) is 16.9. The van der Waals surface area contributed by atoms with Crippen molar-refractivity contribution in [3.63, 3.8) is 0 Å². The van der Waals surface area contributed by atoms with E-state index in [0.29, 0.717) is 5.69 Å². The topological polar surface area (TPSA) is 72.7 Å². The van der Waals surface area contributed by atoms with Gasteiger partial charge in [0.25, 0.3) is 5.91 Å². The maximum Gasteiger partial charge on any atom is 0.339 e. The Hall–Kier alpha value is -3.88. The van der Waals surface area contributed by atoms with Gasteiger partial charge in [-0.25, -0.2) is 23.4 Å². The quantitative estimate of drug-likeness (QED) is 0.288. The lowest BCUT2D eigenvalue weighted by atomic mass is 10.1. The molecular weight excluding hydrogens is 411 g/mol. The lowest BCUT2D eigenvalue weighted by Crippen LogP contribution is -2.19. The summed E-state index contributed by atoms with van der Waals surface area (Å²) >= 11 is 0. The standard InChI is InChI=1S/C22H18F3N3O3/c1-12-4-5-13(2)28(12)19-10-15(6-7-16(19)22(30)31-3)21(29)27-26-11-14-8-17(23)20(25)18(24)9-14/h4-11H,1-3H3,(H,27,29). The number of aromatic nitrogens is 1. The molecule has 160 valence electrons. The molecule has 1 N–H and O–H groups in total. The molecule has 0 spiro atoms. The molecule has 1 heterocycles. The SMILES string of the molecule is COC(=O)c1ccc(C(=O)NN=Cc2cc(F)c(F)c(F)c2)cc1-n1c(C)ccc1C. The summed E-state index contributed by atoms with van der Waals surface area (Å²) in [5.74, 6) is -5.51. The average Bonchev–Trinajstić information content (AvgIpc) is 3.08. The van der Waals surface area contributed by atoms with E-state index in [-0.39, 0.29) is 16.7 Å². The van der Waals surface area contributed by atoms with E-state index in [9.17, 15) is 22.8 Å². The molecule has 1 amide bonds. The predicted octanol–water partition coefficient (Wildman–Crippen LogP) is 4.06.